The van der Waals surface area contributed by atoms with E-state index in [9.17, 15) is 10.1 Å². The highest BCUT2D eigenvalue weighted by Crippen LogP contribution is 2.22. The van der Waals surface area contributed by atoms with Crippen LogP contribution in [0.2, 0.25) is 0 Å². The lowest BCUT2D eigenvalue weighted by atomic mass is 10.1. The molecule has 0 bridgehead atoms. The van der Waals surface area contributed by atoms with Crippen LogP contribution in [0.15, 0.2) is 29.3 Å². The van der Waals surface area contributed by atoms with Gasteiger partial charge in [0.15, 0.2) is 5.96 Å². The standard InChI is InChI=1S/C18H26N4O4/c1-2-19-18(20-12-14-6-3-4-7-15(14)22(23)24)21-9-11-26-17(13-21)16-8-5-10-25-16/h3-4,6-7,16-17H,2,5,8-13H2,1H3,(H,19,20). The summed E-state index contributed by atoms with van der Waals surface area (Å²) in [6.07, 6.45) is 2.30. The molecule has 0 aliphatic carbocycles. The molecular formula is C18H26N4O4. The van der Waals surface area contributed by atoms with Crippen molar-refractivity contribution in [2.45, 2.75) is 38.5 Å². The van der Waals surface area contributed by atoms with Crippen LogP contribution >= 0.6 is 0 Å². The maximum absolute atomic E-state index is 11.2. The van der Waals surface area contributed by atoms with Gasteiger partial charge >= 0.3 is 0 Å². The third kappa shape index (κ3) is 4.50. The van der Waals surface area contributed by atoms with Crippen molar-refractivity contribution < 1.29 is 14.4 Å². The lowest BCUT2D eigenvalue weighted by molar-refractivity contribution is -0.385. The van der Waals surface area contributed by atoms with Crippen LogP contribution in [0, 0.1) is 10.1 Å². The van der Waals surface area contributed by atoms with Crippen molar-refractivity contribution in [3.63, 3.8) is 0 Å². The number of nitro groups is 1. The molecule has 0 spiro atoms. The van der Waals surface area contributed by atoms with Crippen molar-refractivity contribution in [2.75, 3.05) is 32.8 Å². The highest BCUT2D eigenvalue weighted by molar-refractivity contribution is 5.80. The molecule has 26 heavy (non-hydrogen) atoms. The fourth-order valence-corrected chi connectivity index (χ4v) is 3.40. The minimum absolute atomic E-state index is 0.0427. The molecule has 0 saturated carbocycles. The number of ether oxygens (including phenoxy) is 2. The Kier molecular flexibility index (Phi) is 6.40. The molecule has 0 aromatic heterocycles. The quantitative estimate of drug-likeness (QED) is 0.373. The van der Waals surface area contributed by atoms with E-state index in [2.05, 4.69) is 15.2 Å². The summed E-state index contributed by atoms with van der Waals surface area (Å²) in [5.74, 6) is 0.761. The predicted molar refractivity (Wildman–Crippen MR) is 98.2 cm³/mol. The van der Waals surface area contributed by atoms with Crippen LogP contribution in [-0.4, -0.2) is 60.8 Å². The van der Waals surface area contributed by atoms with Crippen LogP contribution < -0.4 is 5.32 Å². The molecule has 8 nitrogen and oxygen atoms in total. The largest absolute Gasteiger partial charge is 0.375 e. The maximum Gasteiger partial charge on any atom is 0.274 e. The Bertz CT molecular complexity index is 646. The normalized spacial score (nSPS) is 23.9. The fourth-order valence-electron chi connectivity index (χ4n) is 3.40. The molecule has 2 atom stereocenters. The van der Waals surface area contributed by atoms with Gasteiger partial charge in [0.05, 0.1) is 29.7 Å². The summed E-state index contributed by atoms with van der Waals surface area (Å²) in [5, 5.41) is 14.5. The van der Waals surface area contributed by atoms with Gasteiger partial charge in [0, 0.05) is 32.3 Å². The Labute approximate surface area is 153 Å². The fraction of sp³-hybridized carbons (Fsp3) is 0.611. The molecule has 2 saturated heterocycles. The van der Waals surface area contributed by atoms with Gasteiger partial charge < -0.3 is 19.7 Å². The van der Waals surface area contributed by atoms with E-state index < -0.39 is 0 Å². The molecular weight excluding hydrogens is 336 g/mol. The number of benzene rings is 1. The van der Waals surface area contributed by atoms with Crippen molar-refractivity contribution in [3.05, 3.63) is 39.9 Å². The second-order valence-electron chi connectivity index (χ2n) is 6.46. The van der Waals surface area contributed by atoms with Crippen molar-refractivity contribution in [1.29, 1.82) is 0 Å². The van der Waals surface area contributed by atoms with E-state index in [4.69, 9.17) is 9.47 Å². The molecule has 2 aliphatic rings. The van der Waals surface area contributed by atoms with Gasteiger partial charge in [0.25, 0.3) is 5.69 Å². The first kappa shape index (κ1) is 18.6. The first-order chi connectivity index (χ1) is 12.7. The molecule has 2 heterocycles. The highest BCUT2D eigenvalue weighted by atomic mass is 16.6. The number of nitrogens with zero attached hydrogens (tertiary/aromatic N) is 3. The molecule has 2 fully saturated rings. The molecule has 1 aromatic rings. The molecule has 0 radical (unpaired) electrons. The minimum Gasteiger partial charge on any atom is -0.375 e. The van der Waals surface area contributed by atoms with Crippen LogP contribution in [0.1, 0.15) is 25.3 Å². The zero-order valence-electron chi connectivity index (χ0n) is 15.1. The van der Waals surface area contributed by atoms with E-state index in [1.54, 1.807) is 18.2 Å². The number of aliphatic imine (C=N–C) groups is 1. The third-order valence-corrected chi connectivity index (χ3v) is 4.69. The monoisotopic (exact) mass is 362 g/mol. The predicted octanol–water partition coefficient (Wildman–Crippen LogP) is 1.94. The van der Waals surface area contributed by atoms with E-state index in [-0.39, 0.29) is 29.4 Å². The van der Waals surface area contributed by atoms with Crippen LogP contribution in [-0.2, 0) is 16.0 Å². The summed E-state index contributed by atoms with van der Waals surface area (Å²) in [6, 6.07) is 6.73. The number of nitrogens with one attached hydrogen (secondary N) is 1. The lowest BCUT2D eigenvalue weighted by Gasteiger charge is -2.37. The van der Waals surface area contributed by atoms with Gasteiger partial charge in [0.2, 0.25) is 0 Å². The lowest BCUT2D eigenvalue weighted by Crippen LogP contribution is -2.53. The number of para-hydroxylation sites is 1. The Morgan fingerprint density at radius 1 is 1.35 bits per heavy atom. The van der Waals surface area contributed by atoms with Gasteiger partial charge in [0.1, 0.15) is 6.10 Å². The van der Waals surface area contributed by atoms with E-state index in [0.717, 1.165) is 38.5 Å². The number of hydrogen-bond donors (Lipinski definition) is 1. The number of hydrogen-bond acceptors (Lipinski definition) is 5. The average Bonchev–Trinajstić information content (AvgIpc) is 3.20. The van der Waals surface area contributed by atoms with Gasteiger partial charge in [-0.05, 0) is 19.8 Å². The summed E-state index contributed by atoms with van der Waals surface area (Å²) < 4.78 is 11.7. The molecule has 142 valence electrons. The summed E-state index contributed by atoms with van der Waals surface area (Å²) in [6.45, 7) is 5.90. The van der Waals surface area contributed by atoms with Gasteiger partial charge in [-0.2, -0.15) is 0 Å². The second-order valence-corrected chi connectivity index (χ2v) is 6.46. The maximum atomic E-state index is 11.2. The van der Waals surface area contributed by atoms with E-state index in [0.29, 0.717) is 18.7 Å². The summed E-state index contributed by atoms with van der Waals surface area (Å²) in [5.41, 5.74) is 0.711. The molecule has 0 amide bonds. The van der Waals surface area contributed by atoms with Crippen LogP contribution in [0.3, 0.4) is 0 Å². The van der Waals surface area contributed by atoms with Gasteiger partial charge in [-0.1, -0.05) is 18.2 Å². The Hall–Kier alpha value is -2.19. The third-order valence-electron chi connectivity index (χ3n) is 4.69. The molecule has 1 aromatic carbocycles. The van der Waals surface area contributed by atoms with Crippen molar-refractivity contribution in [1.82, 2.24) is 10.2 Å². The molecule has 8 heteroatoms. The first-order valence-corrected chi connectivity index (χ1v) is 9.17. The molecule has 2 aliphatic heterocycles. The first-order valence-electron chi connectivity index (χ1n) is 9.17. The van der Waals surface area contributed by atoms with E-state index in [1.165, 1.54) is 6.07 Å². The van der Waals surface area contributed by atoms with Gasteiger partial charge in [-0.25, -0.2) is 4.99 Å². The van der Waals surface area contributed by atoms with Crippen LogP contribution in [0.5, 0.6) is 0 Å². The van der Waals surface area contributed by atoms with Crippen LogP contribution in [0.25, 0.3) is 0 Å². The highest BCUT2D eigenvalue weighted by Gasteiger charge is 2.32. The number of guanidine groups is 1. The van der Waals surface area contributed by atoms with Crippen molar-refractivity contribution >= 4 is 11.6 Å². The Morgan fingerprint density at radius 3 is 2.88 bits per heavy atom. The minimum atomic E-state index is -0.361. The number of nitro benzene ring substituents is 1. The smallest absolute Gasteiger partial charge is 0.274 e. The van der Waals surface area contributed by atoms with E-state index in [1.807, 2.05) is 6.92 Å². The second kappa shape index (κ2) is 8.95. The molecule has 1 N–H and O–H groups in total. The molecule has 3 rings (SSSR count). The van der Waals surface area contributed by atoms with Crippen LogP contribution in [0.4, 0.5) is 5.69 Å². The topological polar surface area (TPSA) is 89.2 Å². The zero-order valence-corrected chi connectivity index (χ0v) is 15.1. The number of morpholine rings is 1. The van der Waals surface area contributed by atoms with Crippen molar-refractivity contribution in [3.8, 4) is 0 Å². The SMILES string of the molecule is CCNC(=NCc1ccccc1[N+](=O)[O-])N1CCOC(C2CCCO2)C1. The van der Waals surface area contributed by atoms with Crippen molar-refractivity contribution in [2.24, 2.45) is 4.99 Å². The number of rotatable bonds is 5. The Morgan fingerprint density at radius 2 is 2.15 bits per heavy atom. The average molecular weight is 362 g/mol. The Balaban J connectivity index is 1.71. The zero-order chi connectivity index (χ0) is 18.4. The summed E-state index contributed by atoms with van der Waals surface area (Å²) >= 11 is 0. The summed E-state index contributed by atoms with van der Waals surface area (Å²) in [4.78, 5) is 17.6. The van der Waals surface area contributed by atoms with Gasteiger partial charge in [-0.3, -0.25) is 10.1 Å². The summed E-state index contributed by atoms with van der Waals surface area (Å²) in [7, 11) is 0. The molecule has 2 unspecified atom stereocenters. The van der Waals surface area contributed by atoms with Gasteiger partial charge in [-0.15, -0.1) is 0 Å². The van der Waals surface area contributed by atoms with E-state index >= 15 is 0 Å².